The monoisotopic (exact) mass is 286 g/mol. The fraction of sp³-hybridized carbons (Fsp3) is 0.938. The Kier molecular flexibility index (Phi) is 7.02. The van der Waals surface area contributed by atoms with Crippen LogP contribution in [0.3, 0.4) is 0 Å². The van der Waals surface area contributed by atoms with Crippen LogP contribution in [0.25, 0.3) is 0 Å². The highest BCUT2D eigenvalue weighted by Gasteiger charge is 2.24. The average Bonchev–Trinajstić information content (AvgIpc) is 2.09. The molecule has 0 aliphatic carbocycles. The zero-order chi connectivity index (χ0) is 16.0. The lowest BCUT2D eigenvalue weighted by molar-refractivity contribution is 0.0527. The molecule has 20 heavy (non-hydrogen) atoms. The minimum Gasteiger partial charge on any atom is -0.444 e. The fourth-order valence-electron chi connectivity index (χ4n) is 2.41. The number of ether oxygens (including phenoxy) is 1. The lowest BCUT2D eigenvalue weighted by atomic mass is 9.82. The molecular formula is C16H34N2O2. The van der Waals surface area contributed by atoms with E-state index in [2.05, 4.69) is 45.3 Å². The van der Waals surface area contributed by atoms with Crippen molar-refractivity contribution in [1.29, 1.82) is 0 Å². The quantitative estimate of drug-likeness (QED) is 0.732. The van der Waals surface area contributed by atoms with Crippen LogP contribution in [0.5, 0.6) is 0 Å². The molecule has 0 aliphatic heterocycles. The third-order valence-electron chi connectivity index (χ3n) is 2.60. The van der Waals surface area contributed by atoms with Crippen LogP contribution in [0.2, 0.25) is 0 Å². The minimum absolute atomic E-state index is 0.115. The van der Waals surface area contributed by atoms with E-state index in [1.54, 1.807) is 0 Å². The molecule has 0 radical (unpaired) electrons. The van der Waals surface area contributed by atoms with Crippen molar-refractivity contribution in [3.63, 3.8) is 0 Å². The second kappa shape index (κ2) is 7.30. The lowest BCUT2D eigenvalue weighted by Crippen LogP contribution is -2.43. The van der Waals surface area contributed by atoms with Crippen LogP contribution in [-0.4, -0.2) is 30.3 Å². The van der Waals surface area contributed by atoms with E-state index in [0.29, 0.717) is 12.0 Å². The summed E-state index contributed by atoms with van der Waals surface area (Å²) in [6, 6.07) is 0. The molecule has 0 saturated heterocycles. The highest BCUT2D eigenvalue weighted by atomic mass is 16.6. The zero-order valence-corrected chi connectivity index (χ0v) is 14.6. The van der Waals surface area contributed by atoms with Crippen molar-refractivity contribution in [3.05, 3.63) is 0 Å². The number of rotatable bonds is 6. The lowest BCUT2D eigenvalue weighted by Gasteiger charge is -2.33. The van der Waals surface area contributed by atoms with Crippen LogP contribution in [0.15, 0.2) is 0 Å². The fourth-order valence-corrected chi connectivity index (χ4v) is 2.41. The van der Waals surface area contributed by atoms with E-state index in [4.69, 9.17) is 4.74 Å². The van der Waals surface area contributed by atoms with E-state index in [9.17, 15) is 4.79 Å². The van der Waals surface area contributed by atoms with Crippen molar-refractivity contribution in [2.45, 2.75) is 79.4 Å². The van der Waals surface area contributed by atoms with Crippen molar-refractivity contribution in [2.75, 3.05) is 13.1 Å². The molecule has 2 N–H and O–H groups in total. The molecule has 0 aliphatic rings. The van der Waals surface area contributed by atoms with E-state index in [1.807, 2.05) is 20.8 Å². The van der Waals surface area contributed by atoms with Gasteiger partial charge in [-0.05, 0) is 59.4 Å². The van der Waals surface area contributed by atoms with Crippen LogP contribution in [0, 0.1) is 5.41 Å². The number of nitrogens with one attached hydrogen (secondary N) is 2. The van der Waals surface area contributed by atoms with Gasteiger partial charge in [0, 0.05) is 12.1 Å². The maximum Gasteiger partial charge on any atom is 0.407 e. The average molecular weight is 286 g/mol. The van der Waals surface area contributed by atoms with Gasteiger partial charge in [-0.25, -0.2) is 4.79 Å². The first-order valence-corrected chi connectivity index (χ1v) is 7.53. The predicted molar refractivity (Wildman–Crippen MR) is 85.0 cm³/mol. The van der Waals surface area contributed by atoms with Gasteiger partial charge in [-0.15, -0.1) is 0 Å². The molecule has 0 bridgehead atoms. The Balaban J connectivity index is 3.79. The van der Waals surface area contributed by atoms with Crippen LogP contribution in [0.1, 0.15) is 68.2 Å². The zero-order valence-electron chi connectivity index (χ0n) is 14.6. The van der Waals surface area contributed by atoms with Crippen LogP contribution in [-0.2, 0) is 4.74 Å². The van der Waals surface area contributed by atoms with Gasteiger partial charge in [0.25, 0.3) is 0 Å². The van der Waals surface area contributed by atoms with E-state index < -0.39 is 5.60 Å². The Bertz CT molecular complexity index is 299. The summed E-state index contributed by atoms with van der Waals surface area (Å²) in [6.07, 6.45) is 1.67. The van der Waals surface area contributed by atoms with Crippen molar-refractivity contribution >= 4 is 6.09 Å². The van der Waals surface area contributed by atoms with Crippen molar-refractivity contribution in [2.24, 2.45) is 5.41 Å². The molecule has 4 nitrogen and oxygen atoms in total. The Morgan fingerprint density at radius 1 is 0.950 bits per heavy atom. The van der Waals surface area contributed by atoms with Crippen molar-refractivity contribution in [1.82, 2.24) is 10.6 Å². The number of carbonyl (C=O) groups excluding carboxylic acids is 1. The summed E-state index contributed by atoms with van der Waals surface area (Å²) in [5.74, 6) is 0. The molecule has 0 aromatic carbocycles. The SMILES string of the molecule is CC(C)(C)CC(C)(C)NCCCNC(=O)OC(C)(C)C. The van der Waals surface area contributed by atoms with Crippen molar-refractivity contribution < 1.29 is 9.53 Å². The van der Waals surface area contributed by atoms with Gasteiger partial charge in [0.1, 0.15) is 5.60 Å². The van der Waals surface area contributed by atoms with E-state index in [0.717, 1.165) is 19.4 Å². The Hall–Kier alpha value is -0.770. The summed E-state index contributed by atoms with van der Waals surface area (Å²) >= 11 is 0. The third-order valence-corrected chi connectivity index (χ3v) is 2.60. The van der Waals surface area contributed by atoms with Gasteiger partial charge < -0.3 is 15.4 Å². The van der Waals surface area contributed by atoms with Crippen LogP contribution < -0.4 is 10.6 Å². The summed E-state index contributed by atoms with van der Waals surface area (Å²) < 4.78 is 5.18. The second-order valence-corrected chi connectivity index (χ2v) is 8.33. The van der Waals surface area contributed by atoms with Gasteiger partial charge in [0.2, 0.25) is 0 Å². The molecule has 0 atom stereocenters. The van der Waals surface area contributed by atoms with E-state index >= 15 is 0 Å². The molecule has 0 unspecified atom stereocenters. The molecule has 0 aromatic rings. The molecule has 120 valence electrons. The van der Waals surface area contributed by atoms with Crippen LogP contribution in [0.4, 0.5) is 4.79 Å². The standard InChI is InChI=1S/C16H34N2O2/c1-14(2,3)12-16(7,8)18-11-9-10-17-13(19)20-15(4,5)6/h18H,9-12H2,1-8H3,(H,17,19). The molecule has 0 aromatic heterocycles. The molecule has 0 rings (SSSR count). The number of alkyl carbamates (subject to hydrolysis) is 1. The number of amides is 1. The summed E-state index contributed by atoms with van der Waals surface area (Å²) in [4.78, 5) is 11.5. The van der Waals surface area contributed by atoms with E-state index in [1.165, 1.54) is 0 Å². The molecule has 0 spiro atoms. The molecule has 0 saturated carbocycles. The Labute approximate surface area is 125 Å². The maximum absolute atomic E-state index is 11.5. The van der Waals surface area contributed by atoms with Gasteiger partial charge in [-0.3, -0.25) is 0 Å². The number of hydrogen-bond donors (Lipinski definition) is 2. The van der Waals surface area contributed by atoms with E-state index in [-0.39, 0.29) is 11.6 Å². The first-order chi connectivity index (χ1) is 8.81. The summed E-state index contributed by atoms with van der Waals surface area (Å²) in [5.41, 5.74) is -0.00747. The summed E-state index contributed by atoms with van der Waals surface area (Å²) in [7, 11) is 0. The maximum atomic E-state index is 11.5. The first-order valence-electron chi connectivity index (χ1n) is 7.53. The Morgan fingerprint density at radius 3 is 1.95 bits per heavy atom. The predicted octanol–water partition coefficient (Wildman–Crippen LogP) is 3.71. The smallest absolute Gasteiger partial charge is 0.407 e. The summed E-state index contributed by atoms with van der Waals surface area (Å²) in [6.45, 7) is 18.3. The van der Waals surface area contributed by atoms with Gasteiger partial charge >= 0.3 is 6.09 Å². The highest BCUT2D eigenvalue weighted by molar-refractivity contribution is 5.67. The third kappa shape index (κ3) is 12.3. The molecule has 0 fully saturated rings. The molecule has 0 heterocycles. The minimum atomic E-state index is -0.433. The Morgan fingerprint density at radius 2 is 1.50 bits per heavy atom. The first kappa shape index (κ1) is 19.2. The topological polar surface area (TPSA) is 50.4 Å². The molecular weight excluding hydrogens is 252 g/mol. The van der Waals surface area contributed by atoms with Gasteiger partial charge in [-0.2, -0.15) is 0 Å². The number of hydrogen-bond acceptors (Lipinski definition) is 3. The largest absolute Gasteiger partial charge is 0.444 e. The molecule has 1 amide bonds. The van der Waals surface area contributed by atoms with Gasteiger partial charge in [0.15, 0.2) is 0 Å². The summed E-state index contributed by atoms with van der Waals surface area (Å²) in [5, 5.41) is 6.32. The van der Waals surface area contributed by atoms with Gasteiger partial charge in [-0.1, -0.05) is 20.8 Å². The van der Waals surface area contributed by atoms with Crippen molar-refractivity contribution in [3.8, 4) is 0 Å². The normalized spacial score (nSPS) is 13.2. The molecule has 4 heteroatoms. The highest BCUT2D eigenvalue weighted by Crippen LogP contribution is 2.26. The second-order valence-electron chi connectivity index (χ2n) is 8.33. The number of carbonyl (C=O) groups is 1. The van der Waals surface area contributed by atoms with Gasteiger partial charge in [0.05, 0.1) is 0 Å². The van der Waals surface area contributed by atoms with Crippen LogP contribution >= 0.6 is 0 Å².